The highest BCUT2D eigenvalue weighted by atomic mass is 32.2. The second kappa shape index (κ2) is 6.97. The molecule has 1 saturated carbocycles. The lowest BCUT2D eigenvalue weighted by molar-refractivity contribution is -0.0350. The van der Waals surface area contributed by atoms with Crippen LogP contribution in [-0.2, 0) is 10.0 Å². The van der Waals surface area contributed by atoms with Crippen LogP contribution in [0.5, 0.6) is 0 Å². The standard InChI is InChI=1S/C16H31NO3S/c1-3-5-14-7-9-16(18,10-8-14)12-15-6-4-11-17(13-15)21(2,19)20/h14-15,18H,3-13H2,1-2H3. The van der Waals surface area contributed by atoms with E-state index in [4.69, 9.17) is 0 Å². The second-order valence-electron chi connectivity index (χ2n) is 7.29. The average Bonchev–Trinajstić information content (AvgIpc) is 2.41. The second-order valence-corrected chi connectivity index (χ2v) is 9.27. The van der Waals surface area contributed by atoms with Gasteiger partial charge in [-0.05, 0) is 56.8 Å². The van der Waals surface area contributed by atoms with Gasteiger partial charge in [0.15, 0.2) is 0 Å². The maximum absolute atomic E-state index is 11.7. The predicted molar refractivity (Wildman–Crippen MR) is 85.6 cm³/mol. The Balaban J connectivity index is 1.86. The molecular weight excluding hydrogens is 286 g/mol. The van der Waals surface area contributed by atoms with Gasteiger partial charge in [0, 0.05) is 13.1 Å². The zero-order chi connectivity index (χ0) is 15.5. The molecule has 1 heterocycles. The summed E-state index contributed by atoms with van der Waals surface area (Å²) < 4.78 is 25.0. The molecule has 1 aliphatic heterocycles. The third-order valence-corrected chi connectivity index (χ3v) is 6.62. The summed E-state index contributed by atoms with van der Waals surface area (Å²) in [7, 11) is -3.08. The largest absolute Gasteiger partial charge is 0.390 e. The number of nitrogens with zero attached hydrogens (tertiary/aromatic N) is 1. The van der Waals surface area contributed by atoms with Crippen LogP contribution in [0.15, 0.2) is 0 Å². The molecule has 1 atom stereocenters. The fraction of sp³-hybridized carbons (Fsp3) is 1.00. The molecule has 2 rings (SSSR count). The molecule has 0 radical (unpaired) electrons. The first-order valence-electron chi connectivity index (χ1n) is 8.50. The lowest BCUT2D eigenvalue weighted by Crippen LogP contribution is -2.43. The summed E-state index contributed by atoms with van der Waals surface area (Å²) in [5.41, 5.74) is -0.546. The van der Waals surface area contributed by atoms with Gasteiger partial charge in [0.1, 0.15) is 0 Å². The SMILES string of the molecule is CCCC1CCC(O)(CC2CCCN(S(C)(=O)=O)C2)CC1. The monoisotopic (exact) mass is 317 g/mol. The predicted octanol–water partition coefficient (Wildman–Crippen LogP) is 2.77. The van der Waals surface area contributed by atoms with Crippen molar-refractivity contribution in [1.29, 1.82) is 0 Å². The van der Waals surface area contributed by atoms with Crippen molar-refractivity contribution in [3.8, 4) is 0 Å². The van der Waals surface area contributed by atoms with Gasteiger partial charge < -0.3 is 5.11 Å². The van der Waals surface area contributed by atoms with Crippen molar-refractivity contribution in [2.24, 2.45) is 11.8 Å². The summed E-state index contributed by atoms with van der Waals surface area (Å²) >= 11 is 0. The van der Waals surface area contributed by atoms with Crippen LogP contribution in [0, 0.1) is 11.8 Å². The van der Waals surface area contributed by atoms with Crippen molar-refractivity contribution in [1.82, 2.24) is 4.31 Å². The van der Waals surface area contributed by atoms with Crippen LogP contribution < -0.4 is 0 Å². The Hall–Kier alpha value is -0.130. The number of aliphatic hydroxyl groups is 1. The van der Waals surface area contributed by atoms with E-state index >= 15 is 0 Å². The van der Waals surface area contributed by atoms with Gasteiger partial charge in [-0.25, -0.2) is 12.7 Å². The minimum Gasteiger partial charge on any atom is -0.390 e. The molecule has 1 saturated heterocycles. The van der Waals surface area contributed by atoms with E-state index in [0.29, 0.717) is 19.0 Å². The third-order valence-electron chi connectivity index (χ3n) is 5.35. The molecule has 0 aromatic heterocycles. The zero-order valence-electron chi connectivity index (χ0n) is 13.6. The number of hydrogen-bond donors (Lipinski definition) is 1. The van der Waals surface area contributed by atoms with Gasteiger partial charge in [-0.15, -0.1) is 0 Å². The topological polar surface area (TPSA) is 57.6 Å². The third kappa shape index (κ3) is 4.93. The number of hydrogen-bond acceptors (Lipinski definition) is 3. The summed E-state index contributed by atoms with van der Waals surface area (Å²) in [5, 5.41) is 10.8. The normalized spacial score (nSPS) is 35.8. The Bertz CT molecular complexity index is 427. The van der Waals surface area contributed by atoms with E-state index in [1.807, 2.05) is 0 Å². The van der Waals surface area contributed by atoms with Gasteiger partial charge in [0.05, 0.1) is 11.9 Å². The van der Waals surface area contributed by atoms with Crippen molar-refractivity contribution >= 4 is 10.0 Å². The van der Waals surface area contributed by atoms with E-state index in [0.717, 1.165) is 50.9 Å². The van der Waals surface area contributed by atoms with E-state index < -0.39 is 15.6 Å². The molecule has 21 heavy (non-hydrogen) atoms. The minimum absolute atomic E-state index is 0.321. The fourth-order valence-corrected chi connectivity index (χ4v) is 5.09. The van der Waals surface area contributed by atoms with Crippen LogP contribution in [0.25, 0.3) is 0 Å². The van der Waals surface area contributed by atoms with Crippen LogP contribution in [0.2, 0.25) is 0 Å². The van der Waals surface area contributed by atoms with Gasteiger partial charge in [-0.2, -0.15) is 0 Å². The first-order valence-corrected chi connectivity index (χ1v) is 10.3. The van der Waals surface area contributed by atoms with Crippen molar-refractivity contribution in [3.05, 3.63) is 0 Å². The Kier molecular flexibility index (Phi) is 5.71. The molecule has 5 heteroatoms. The zero-order valence-corrected chi connectivity index (χ0v) is 14.4. The van der Waals surface area contributed by atoms with Gasteiger partial charge in [0.25, 0.3) is 0 Å². The Morgan fingerprint density at radius 3 is 2.43 bits per heavy atom. The molecule has 0 spiro atoms. The Labute approximate surface area is 130 Å². The molecule has 1 unspecified atom stereocenters. The smallest absolute Gasteiger partial charge is 0.211 e. The van der Waals surface area contributed by atoms with Crippen LogP contribution in [0.1, 0.15) is 64.7 Å². The Morgan fingerprint density at radius 1 is 1.19 bits per heavy atom. The molecule has 0 aromatic rings. The first kappa shape index (κ1) is 17.2. The van der Waals surface area contributed by atoms with E-state index in [1.54, 1.807) is 4.31 Å². The number of sulfonamides is 1. The highest BCUT2D eigenvalue weighted by Crippen LogP contribution is 2.39. The van der Waals surface area contributed by atoms with Gasteiger partial charge >= 0.3 is 0 Å². The van der Waals surface area contributed by atoms with Crippen LogP contribution in [0.4, 0.5) is 0 Å². The number of rotatable bonds is 5. The first-order chi connectivity index (χ1) is 9.82. The van der Waals surface area contributed by atoms with E-state index in [9.17, 15) is 13.5 Å². The maximum Gasteiger partial charge on any atom is 0.211 e. The highest BCUT2D eigenvalue weighted by Gasteiger charge is 2.37. The molecule has 0 amide bonds. The van der Waals surface area contributed by atoms with E-state index in [1.165, 1.54) is 19.1 Å². The summed E-state index contributed by atoms with van der Waals surface area (Å²) in [4.78, 5) is 0. The van der Waals surface area contributed by atoms with Crippen LogP contribution in [-0.4, -0.2) is 42.8 Å². The van der Waals surface area contributed by atoms with Crippen molar-refractivity contribution in [2.75, 3.05) is 19.3 Å². The van der Waals surface area contributed by atoms with E-state index in [2.05, 4.69) is 6.92 Å². The van der Waals surface area contributed by atoms with Crippen molar-refractivity contribution < 1.29 is 13.5 Å². The lowest BCUT2D eigenvalue weighted by atomic mass is 9.72. The maximum atomic E-state index is 11.7. The quantitative estimate of drug-likeness (QED) is 0.848. The van der Waals surface area contributed by atoms with Gasteiger partial charge in [0.2, 0.25) is 10.0 Å². The minimum atomic E-state index is -3.08. The lowest BCUT2D eigenvalue weighted by Gasteiger charge is -2.40. The molecule has 124 valence electrons. The molecule has 0 bridgehead atoms. The van der Waals surface area contributed by atoms with Gasteiger partial charge in [-0.3, -0.25) is 0 Å². The van der Waals surface area contributed by atoms with Crippen LogP contribution in [0.3, 0.4) is 0 Å². The van der Waals surface area contributed by atoms with Crippen molar-refractivity contribution in [2.45, 2.75) is 70.3 Å². The van der Waals surface area contributed by atoms with Crippen LogP contribution >= 0.6 is 0 Å². The molecule has 1 N–H and O–H groups in total. The molecule has 4 nitrogen and oxygen atoms in total. The fourth-order valence-electron chi connectivity index (χ4n) is 4.15. The van der Waals surface area contributed by atoms with Gasteiger partial charge in [-0.1, -0.05) is 19.8 Å². The molecular formula is C16H31NO3S. The summed E-state index contributed by atoms with van der Waals surface area (Å²) in [6, 6.07) is 0. The molecule has 2 aliphatic rings. The molecule has 0 aromatic carbocycles. The highest BCUT2D eigenvalue weighted by molar-refractivity contribution is 7.88. The summed E-state index contributed by atoms with van der Waals surface area (Å²) in [5.74, 6) is 1.11. The molecule has 1 aliphatic carbocycles. The Morgan fingerprint density at radius 2 is 1.86 bits per heavy atom. The molecule has 2 fully saturated rings. The van der Waals surface area contributed by atoms with E-state index in [-0.39, 0.29) is 0 Å². The summed E-state index contributed by atoms with van der Waals surface area (Å²) in [6.45, 7) is 3.47. The average molecular weight is 317 g/mol. The van der Waals surface area contributed by atoms with Crippen molar-refractivity contribution in [3.63, 3.8) is 0 Å². The number of piperidine rings is 1. The summed E-state index contributed by atoms with van der Waals surface area (Å²) in [6.07, 6.45) is 10.6.